The number of carbonyl (C=O) groups is 1. The van der Waals surface area contributed by atoms with Crippen molar-refractivity contribution in [2.24, 2.45) is 0 Å². The molecule has 0 aliphatic heterocycles. The van der Waals surface area contributed by atoms with Crippen LogP contribution in [0.2, 0.25) is 0 Å². The van der Waals surface area contributed by atoms with Gasteiger partial charge in [0, 0.05) is 11.1 Å². The molecule has 1 N–H and O–H groups in total. The van der Waals surface area contributed by atoms with Gasteiger partial charge in [-0.2, -0.15) is 0 Å². The Bertz CT molecular complexity index is 656. The van der Waals surface area contributed by atoms with Crippen molar-refractivity contribution in [2.45, 2.75) is 0 Å². The fourth-order valence-electron chi connectivity index (χ4n) is 1.54. The van der Waals surface area contributed by atoms with Gasteiger partial charge in [-0.1, -0.05) is 48.8 Å². The van der Waals surface area contributed by atoms with Crippen LogP contribution in [-0.2, 0) is 4.79 Å². The maximum absolute atomic E-state index is 10.8. The van der Waals surface area contributed by atoms with Gasteiger partial charge in [-0.25, -0.2) is 4.79 Å². The Morgan fingerprint density at radius 1 is 0.895 bits per heavy atom. The zero-order valence-corrected chi connectivity index (χ0v) is 10.3. The van der Waals surface area contributed by atoms with Crippen molar-refractivity contribution in [2.75, 3.05) is 0 Å². The average molecular weight is 248 g/mol. The molecule has 0 fully saturated rings. The highest BCUT2D eigenvalue weighted by Gasteiger charge is 2.05. The van der Waals surface area contributed by atoms with Crippen molar-refractivity contribution in [3.8, 4) is 11.8 Å². The fourth-order valence-corrected chi connectivity index (χ4v) is 1.54. The van der Waals surface area contributed by atoms with Crippen LogP contribution >= 0.6 is 0 Å². The summed E-state index contributed by atoms with van der Waals surface area (Å²) in [6.45, 7) is 3.51. The van der Waals surface area contributed by atoms with E-state index in [1.165, 1.54) is 0 Å². The summed E-state index contributed by atoms with van der Waals surface area (Å²) in [6, 6.07) is 16.7. The Labute approximate surface area is 112 Å². The maximum atomic E-state index is 10.8. The van der Waals surface area contributed by atoms with Crippen molar-refractivity contribution in [1.82, 2.24) is 0 Å². The first-order valence-corrected chi connectivity index (χ1v) is 5.76. The first kappa shape index (κ1) is 12.7. The molecule has 0 atom stereocenters. The van der Waals surface area contributed by atoms with Crippen LogP contribution in [0.4, 0.5) is 0 Å². The van der Waals surface area contributed by atoms with Gasteiger partial charge in [0.05, 0.1) is 5.57 Å². The van der Waals surface area contributed by atoms with Crippen LogP contribution in [0.25, 0.3) is 5.57 Å². The summed E-state index contributed by atoms with van der Waals surface area (Å²) >= 11 is 0. The summed E-state index contributed by atoms with van der Waals surface area (Å²) in [5.41, 5.74) is 2.47. The van der Waals surface area contributed by atoms with Gasteiger partial charge in [0.25, 0.3) is 0 Å². The Balaban J connectivity index is 2.18. The topological polar surface area (TPSA) is 37.3 Å². The van der Waals surface area contributed by atoms with Crippen LogP contribution in [0.3, 0.4) is 0 Å². The van der Waals surface area contributed by atoms with Gasteiger partial charge in [0.1, 0.15) is 0 Å². The van der Waals surface area contributed by atoms with Gasteiger partial charge >= 0.3 is 5.97 Å². The highest BCUT2D eigenvalue weighted by atomic mass is 16.4. The molecule has 0 bridgehead atoms. The highest BCUT2D eigenvalue weighted by molar-refractivity contribution is 6.14. The molecule has 0 saturated carbocycles. The summed E-state index contributed by atoms with van der Waals surface area (Å²) in [6.07, 6.45) is 0. The minimum absolute atomic E-state index is 0.0857. The van der Waals surface area contributed by atoms with Crippen molar-refractivity contribution in [3.05, 3.63) is 77.9 Å². The lowest BCUT2D eigenvalue weighted by Crippen LogP contribution is -1.97. The molecule has 0 aliphatic carbocycles. The zero-order valence-electron chi connectivity index (χ0n) is 10.3. The number of hydrogen-bond donors (Lipinski definition) is 1. The van der Waals surface area contributed by atoms with E-state index in [1.54, 1.807) is 24.3 Å². The molecule has 0 saturated heterocycles. The first-order valence-electron chi connectivity index (χ1n) is 5.76. The summed E-state index contributed by atoms with van der Waals surface area (Å²) < 4.78 is 0. The zero-order chi connectivity index (χ0) is 13.7. The van der Waals surface area contributed by atoms with Crippen LogP contribution in [0, 0.1) is 11.8 Å². The Morgan fingerprint density at radius 2 is 1.42 bits per heavy atom. The number of carboxylic acids is 1. The third-order valence-corrected chi connectivity index (χ3v) is 2.62. The van der Waals surface area contributed by atoms with E-state index in [1.807, 2.05) is 30.3 Å². The molecule has 92 valence electrons. The number of hydrogen-bond acceptors (Lipinski definition) is 1. The second kappa shape index (κ2) is 5.70. The third kappa shape index (κ3) is 3.34. The number of aliphatic carboxylic acids is 1. The lowest BCUT2D eigenvalue weighted by molar-refractivity contribution is -0.130. The van der Waals surface area contributed by atoms with E-state index < -0.39 is 5.97 Å². The minimum Gasteiger partial charge on any atom is -0.478 e. The molecular formula is C17H12O2. The van der Waals surface area contributed by atoms with E-state index in [9.17, 15) is 4.79 Å². The Hall–Kier alpha value is -2.79. The molecule has 0 aliphatic rings. The van der Waals surface area contributed by atoms with E-state index in [2.05, 4.69) is 18.4 Å². The summed E-state index contributed by atoms with van der Waals surface area (Å²) in [5.74, 6) is 5.06. The van der Waals surface area contributed by atoms with Crippen molar-refractivity contribution >= 4 is 11.5 Å². The normalized spacial score (nSPS) is 9.26. The number of rotatable bonds is 2. The summed E-state index contributed by atoms with van der Waals surface area (Å²) in [4.78, 5) is 10.8. The second-order valence-corrected chi connectivity index (χ2v) is 3.98. The largest absolute Gasteiger partial charge is 0.478 e. The van der Waals surface area contributed by atoms with Gasteiger partial charge < -0.3 is 5.11 Å². The minimum atomic E-state index is -1.01. The standard InChI is InChI=1S/C17H12O2/c1-13(17(18)19)16-11-9-15(10-12-16)8-7-14-5-3-2-4-6-14/h2-6,9-12H,1H2,(H,18,19). The van der Waals surface area contributed by atoms with E-state index in [-0.39, 0.29) is 5.57 Å². The molecule has 2 heteroatoms. The van der Waals surface area contributed by atoms with Crippen LogP contribution in [0.15, 0.2) is 61.2 Å². The van der Waals surface area contributed by atoms with Crippen LogP contribution in [0.5, 0.6) is 0 Å². The van der Waals surface area contributed by atoms with Gasteiger partial charge in [0.2, 0.25) is 0 Å². The third-order valence-electron chi connectivity index (χ3n) is 2.62. The van der Waals surface area contributed by atoms with Crippen molar-refractivity contribution in [1.29, 1.82) is 0 Å². The fraction of sp³-hybridized carbons (Fsp3) is 0. The SMILES string of the molecule is C=C(C(=O)O)c1ccc(C#Cc2ccccc2)cc1. The number of benzene rings is 2. The molecule has 2 aromatic rings. The molecule has 0 radical (unpaired) electrons. The molecule has 0 heterocycles. The molecule has 2 aromatic carbocycles. The van der Waals surface area contributed by atoms with E-state index >= 15 is 0 Å². The van der Waals surface area contributed by atoms with E-state index in [0.29, 0.717) is 5.56 Å². The van der Waals surface area contributed by atoms with Gasteiger partial charge in [-0.3, -0.25) is 0 Å². The van der Waals surface area contributed by atoms with E-state index in [0.717, 1.165) is 11.1 Å². The summed E-state index contributed by atoms with van der Waals surface area (Å²) in [5, 5.41) is 8.83. The maximum Gasteiger partial charge on any atom is 0.335 e. The molecule has 0 amide bonds. The number of carboxylic acid groups (broad SMARTS) is 1. The Kier molecular flexibility index (Phi) is 3.80. The molecular weight excluding hydrogens is 236 g/mol. The molecule has 0 unspecified atom stereocenters. The lowest BCUT2D eigenvalue weighted by Gasteiger charge is -1.99. The smallest absolute Gasteiger partial charge is 0.335 e. The average Bonchev–Trinajstić information content (AvgIpc) is 2.46. The molecule has 19 heavy (non-hydrogen) atoms. The Morgan fingerprint density at radius 3 is 1.95 bits per heavy atom. The van der Waals surface area contributed by atoms with E-state index in [4.69, 9.17) is 5.11 Å². The molecule has 2 rings (SSSR count). The van der Waals surface area contributed by atoms with Gasteiger partial charge in [-0.05, 0) is 29.8 Å². The first-order chi connectivity index (χ1) is 9.16. The predicted octanol–water partition coefficient (Wildman–Crippen LogP) is 3.18. The van der Waals surface area contributed by atoms with Crippen LogP contribution in [0.1, 0.15) is 16.7 Å². The van der Waals surface area contributed by atoms with Crippen LogP contribution in [-0.4, -0.2) is 11.1 Å². The quantitative estimate of drug-likeness (QED) is 0.654. The monoisotopic (exact) mass is 248 g/mol. The highest BCUT2D eigenvalue weighted by Crippen LogP contribution is 2.13. The second-order valence-electron chi connectivity index (χ2n) is 3.98. The van der Waals surface area contributed by atoms with Gasteiger partial charge in [0.15, 0.2) is 0 Å². The molecule has 2 nitrogen and oxygen atoms in total. The van der Waals surface area contributed by atoms with Crippen molar-refractivity contribution in [3.63, 3.8) is 0 Å². The predicted molar refractivity (Wildman–Crippen MR) is 75.5 cm³/mol. The van der Waals surface area contributed by atoms with Crippen molar-refractivity contribution < 1.29 is 9.90 Å². The molecule has 0 aromatic heterocycles. The van der Waals surface area contributed by atoms with Gasteiger partial charge in [-0.15, -0.1) is 0 Å². The molecule has 0 spiro atoms. The summed E-state index contributed by atoms with van der Waals surface area (Å²) in [7, 11) is 0. The lowest BCUT2D eigenvalue weighted by atomic mass is 10.1. The van der Waals surface area contributed by atoms with Crippen LogP contribution < -0.4 is 0 Å².